The van der Waals surface area contributed by atoms with Gasteiger partial charge in [0.25, 0.3) is 0 Å². The molecule has 0 bridgehead atoms. The zero-order valence-electron chi connectivity index (χ0n) is 11.0. The van der Waals surface area contributed by atoms with Gasteiger partial charge in [0.05, 0.1) is 5.69 Å². The predicted molar refractivity (Wildman–Crippen MR) is 80.6 cm³/mol. The number of hydrogen-bond acceptors (Lipinski definition) is 4. The van der Waals surface area contributed by atoms with Crippen molar-refractivity contribution in [2.24, 2.45) is 0 Å². The van der Waals surface area contributed by atoms with Crippen molar-refractivity contribution in [2.45, 2.75) is 6.42 Å². The lowest BCUT2D eigenvalue weighted by Gasteiger charge is -2.18. The highest BCUT2D eigenvalue weighted by atomic mass is 35.5. The van der Waals surface area contributed by atoms with Crippen LogP contribution < -0.4 is 0 Å². The summed E-state index contributed by atoms with van der Waals surface area (Å²) in [7, 11) is 0. The second-order valence-electron chi connectivity index (χ2n) is 4.89. The third kappa shape index (κ3) is 1.76. The first-order valence-corrected chi connectivity index (χ1v) is 7.17. The summed E-state index contributed by atoms with van der Waals surface area (Å²) in [4.78, 5) is 25.7. The van der Waals surface area contributed by atoms with E-state index >= 15 is 0 Å². The van der Waals surface area contributed by atoms with Gasteiger partial charge in [-0.2, -0.15) is 0 Å². The van der Waals surface area contributed by atoms with E-state index in [0.29, 0.717) is 23.7 Å². The number of ketones is 1. The van der Waals surface area contributed by atoms with Crippen LogP contribution >= 0.6 is 11.6 Å². The first kappa shape index (κ1) is 12.4. The van der Waals surface area contributed by atoms with Crippen LogP contribution in [0, 0.1) is 0 Å². The van der Waals surface area contributed by atoms with Crippen molar-refractivity contribution in [3.63, 3.8) is 0 Å². The van der Waals surface area contributed by atoms with Gasteiger partial charge in [-0.15, -0.1) is 11.6 Å². The molecule has 0 fully saturated rings. The molecule has 0 N–H and O–H groups in total. The Bertz CT molecular complexity index is 892. The number of carbonyl (C=O) groups is 1. The van der Waals surface area contributed by atoms with Gasteiger partial charge in [-0.1, -0.05) is 0 Å². The monoisotopic (exact) mass is 295 g/mol. The summed E-state index contributed by atoms with van der Waals surface area (Å²) in [5, 5.41) is 1.77. The summed E-state index contributed by atoms with van der Waals surface area (Å²) < 4.78 is 0. The summed E-state index contributed by atoms with van der Waals surface area (Å²) in [5.41, 5.74) is 3.30. The maximum atomic E-state index is 12.5. The van der Waals surface area contributed by atoms with Gasteiger partial charge in [-0.25, -0.2) is 0 Å². The van der Waals surface area contributed by atoms with Gasteiger partial charge in [-0.3, -0.25) is 19.7 Å². The molecule has 3 aromatic rings. The Hall–Kier alpha value is -2.33. The Morgan fingerprint density at radius 1 is 1.05 bits per heavy atom. The number of halogens is 1. The minimum absolute atomic E-state index is 0.143. The normalized spacial score (nSPS) is 12.5. The Morgan fingerprint density at radius 2 is 1.90 bits per heavy atom. The number of alkyl halides is 1. The fraction of sp³-hybridized carbons (Fsp3) is 0.125. The van der Waals surface area contributed by atoms with E-state index < -0.39 is 0 Å². The maximum Gasteiger partial charge on any atom is 0.231 e. The van der Waals surface area contributed by atoms with E-state index in [1.54, 1.807) is 12.4 Å². The molecule has 102 valence electrons. The molecular formula is C16H10ClN3O. The smallest absolute Gasteiger partial charge is 0.231 e. The van der Waals surface area contributed by atoms with E-state index in [1.165, 1.54) is 0 Å². The Morgan fingerprint density at radius 3 is 2.76 bits per heavy atom. The molecule has 3 aromatic heterocycles. The number of aromatic nitrogens is 3. The highest BCUT2D eigenvalue weighted by Gasteiger charge is 2.28. The number of hydrogen-bond donors (Lipinski definition) is 0. The molecule has 3 heterocycles. The van der Waals surface area contributed by atoms with E-state index in [2.05, 4.69) is 15.0 Å². The summed E-state index contributed by atoms with van der Waals surface area (Å²) in [5.74, 6) is 0.366. The number of fused-ring (bicyclic) bond motifs is 2. The highest BCUT2D eigenvalue weighted by molar-refractivity contribution is 6.23. The van der Waals surface area contributed by atoms with Gasteiger partial charge < -0.3 is 0 Å². The number of rotatable bonds is 2. The molecule has 0 radical (unpaired) electrons. The number of pyridine rings is 3. The van der Waals surface area contributed by atoms with E-state index in [-0.39, 0.29) is 5.78 Å². The molecule has 0 spiro atoms. The zero-order chi connectivity index (χ0) is 14.4. The number of aryl methyl sites for hydroxylation is 1. The fourth-order valence-corrected chi connectivity index (χ4v) is 2.93. The average Bonchev–Trinajstić information content (AvgIpc) is 2.52. The number of carbonyl (C=O) groups excluding carboxylic acids is 1. The van der Waals surface area contributed by atoms with Gasteiger partial charge in [-0.05, 0) is 29.7 Å². The molecule has 4 rings (SSSR count). The lowest BCUT2D eigenvalue weighted by atomic mass is 9.91. The number of nitrogens with zero attached hydrogens (tertiary/aromatic N) is 3. The molecule has 0 aliphatic heterocycles. The minimum atomic E-state index is -0.143. The van der Waals surface area contributed by atoms with Gasteiger partial charge in [0.2, 0.25) is 5.78 Å². The van der Waals surface area contributed by atoms with Crippen LogP contribution in [0.2, 0.25) is 0 Å². The van der Waals surface area contributed by atoms with Crippen LogP contribution in [0.3, 0.4) is 0 Å². The predicted octanol–water partition coefficient (Wildman–Crippen LogP) is 3.02. The van der Waals surface area contributed by atoms with Crippen molar-refractivity contribution in [3.8, 4) is 11.3 Å². The molecule has 0 unspecified atom stereocenters. The molecule has 1 aliphatic carbocycles. The Labute approximate surface area is 125 Å². The average molecular weight is 296 g/mol. The molecule has 5 heteroatoms. The summed E-state index contributed by atoms with van der Waals surface area (Å²) in [6, 6.07) is 7.56. The largest absolute Gasteiger partial charge is 0.285 e. The van der Waals surface area contributed by atoms with Crippen molar-refractivity contribution in [2.75, 3.05) is 5.88 Å². The Balaban J connectivity index is 2.15. The molecule has 0 aromatic carbocycles. The van der Waals surface area contributed by atoms with Crippen molar-refractivity contribution >= 4 is 28.2 Å². The standard InChI is InChI=1S/C16H10ClN3O/c17-5-3-10-8-9-4-7-19-15-12(9)13(20-10)11-2-1-6-18-14(11)16(15)21/h1-2,4,6-8H,3,5H2. The zero-order valence-corrected chi connectivity index (χ0v) is 11.8. The summed E-state index contributed by atoms with van der Waals surface area (Å²) in [6.45, 7) is 0. The maximum absolute atomic E-state index is 12.5. The van der Waals surface area contributed by atoms with E-state index in [0.717, 1.165) is 27.7 Å². The highest BCUT2D eigenvalue weighted by Crippen LogP contribution is 2.36. The fourth-order valence-electron chi connectivity index (χ4n) is 2.74. The van der Waals surface area contributed by atoms with Crippen LogP contribution in [0.4, 0.5) is 0 Å². The topological polar surface area (TPSA) is 55.7 Å². The quantitative estimate of drug-likeness (QED) is 0.533. The second-order valence-corrected chi connectivity index (χ2v) is 5.27. The van der Waals surface area contributed by atoms with Crippen LogP contribution in [0.25, 0.3) is 22.0 Å². The SMILES string of the molecule is O=C1c2ncccc2-c2nc(CCCl)cc3ccnc1c23. The van der Waals surface area contributed by atoms with Gasteiger partial charge in [0.1, 0.15) is 11.4 Å². The molecule has 21 heavy (non-hydrogen) atoms. The first-order chi connectivity index (χ1) is 10.3. The van der Waals surface area contributed by atoms with E-state index in [9.17, 15) is 4.79 Å². The van der Waals surface area contributed by atoms with Crippen LogP contribution in [0.1, 0.15) is 21.9 Å². The van der Waals surface area contributed by atoms with Crippen molar-refractivity contribution in [1.82, 2.24) is 15.0 Å². The third-order valence-corrected chi connectivity index (χ3v) is 3.83. The minimum Gasteiger partial charge on any atom is -0.285 e. The van der Waals surface area contributed by atoms with Crippen LogP contribution in [0.15, 0.2) is 36.7 Å². The third-order valence-electron chi connectivity index (χ3n) is 3.64. The van der Waals surface area contributed by atoms with E-state index in [1.807, 2.05) is 24.3 Å². The molecular weight excluding hydrogens is 286 g/mol. The van der Waals surface area contributed by atoms with E-state index in [4.69, 9.17) is 11.6 Å². The van der Waals surface area contributed by atoms with Gasteiger partial charge in [0, 0.05) is 41.3 Å². The lowest BCUT2D eigenvalue weighted by Crippen LogP contribution is -2.15. The van der Waals surface area contributed by atoms with Crippen LogP contribution in [-0.4, -0.2) is 26.6 Å². The molecule has 0 saturated carbocycles. The van der Waals surface area contributed by atoms with Crippen LogP contribution in [0.5, 0.6) is 0 Å². The van der Waals surface area contributed by atoms with Gasteiger partial charge in [0.15, 0.2) is 0 Å². The molecule has 0 amide bonds. The van der Waals surface area contributed by atoms with Crippen LogP contribution in [-0.2, 0) is 6.42 Å². The lowest BCUT2D eigenvalue weighted by molar-refractivity contribution is 0.103. The second kappa shape index (κ2) is 4.60. The molecule has 0 atom stereocenters. The first-order valence-electron chi connectivity index (χ1n) is 6.64. The molecule has 0 saturated heterocycles. The molecule has 1 aliphatic rings. The summed E-state index contributed by atoms with van der Waals surface area (Å²) in [6.07, 6.45) is 3.95. The summed E-state index contributed by atoms with van der Waals surface area (Å²) >= 11 is 5.83. The van der Waals surface area contributed by atoms with Crippen molar-refractivity contribution in [3.05, 3.63) is 53.7 Å². The van der Waals surface area contributed by atoms with Crippen molar-refractivity contribution < 1.29 is 4.79 Å². The Kier molecular flexibility index (Phi) is 2.72. The van der Waals surface area contributed by atoms with Crippen molar-refractivity contribution in [1.29, 1.82) is 0 Å². The molecule has 4 nitrogen and oxygen atoms in total. The van der Waals surface area contributed by atoms with Gasteiger partial charge >= 0.3 is 0 Å².